The van der Waals surface area contributed by atoms with Gasteiger partial charge in [0.15, 0.2) is 0 Å². The topological polar surface area (TPSA) is 40.5 Å². The molecule has 2 rings (SSSR count). The molecule has 0 fully saturated rings. The van der Waals surface area contributed by atoms with E-state index in [9.17, 15) is 0 Å². The number of halogens is 4. The second-order valence-corrected chi connectivity index (χ2v) is 4.88. The van der Waals surface area contributed by atoms with Crippen molar-refractivity contribution < 1.29 is 10.2 Å². The van der Waals surface area contributed by atoms with E-state index in [1.807, 2.05) is 0 Å². The monoisotopic (exact) mass is 324 g/mol. The minimum absolute atomic E-state index is 0.0177. The zero-order valence-electron chi connectivity index (χ0n) is 8.87. The lowest BCUT2D eigenvalue weighted by Gasteiger charge is -1.93. The van der Waals surface area contributed by atoms with Crippen molar-refractivity contribution in [2.45, 2.75) is 0 Å². The lowest BCUT2D eigenvalue weighted by Crippen LogP contribution is -1.66. The first kappa shape index (κ1) is 15.3. The molecule has 0 spiro atoms. The molecule has 2 aromatic rings. The van der Waals surface area contributed by atoms with Crippen LogP contribution in [-0.2, 0) is 0 Å². The Hall–Kier alpha value is -0.800. The third-order valence-corrected chi connectivity index (χ3v) is 2.93. The molecule has 0 radical (unpaired) electrons. The molecule has 2 aromatic carbocycles. The standard InChI is InChI=1S/2C6H4Cl2O/c2*7-4-1-2-5(8)6(9)3-4/h2*1-3,9H. The molecule has 0 aliphatic carbocycles. The van der Waals surface area contributed by atoms with Crippen molar-refractivity contribution in [2.24, 2.45) is 0 Å². The molecule has 0 saturated heterocycles. The molecular weight excluding hydrogens is 318 g/mol. The van der Waals surface area contributed by atoms with Crippen LogP contribution in [0.25, 0.3) is 0 Å². The van der Waals surface area contributed by atoms with Gasteiger partial charge < -0.3 is 10.2 Å². The van der Waals surface area contributed by atoms with E-state index in [2.05, 4.69) is 0 Å². The molecule has 18 heavy (non-hydrogen) atoms. The minimum Gasteiger partial charge on any atom is -0.506 e. The molecule has 0 bridgehead atoms. The van der Waals surface area contributed by atoms with Crippen LogP contribution in [0, 0.1) is 0 Å². The van der Waals surface area contributed by atoms with Gasteiger partial charge in [0.05, 0.1) is 10.0 Å². The van der Waals surface area contributed by atoms with E-state index >= 15 is 0 Å². The first-order valence-corrected chi connectivity index (χ1v) is 6.19. The van der Waals surface area contributed by atoms with Crippen LogP contribution in [0.5, 0.6) is 11.5 Å². The lowest BCUT2D eigenvalue weighted by molar-refractivity contribution is 0.475. The molecule has 0 unspecified atom stereocenters. The molecule has 0 saturated carbocycles. The summed E-state index contributed by atoms with van der Waals surface area (Å²) >= 11 is 21.9. The maximum atomic E-state index is 8.88. The fourth-order valence-electron chi connectivity index (χ4n) is 0.972. The SMILES string of the molecule is Oc1cc(Cl)ccc1Cl.Oc1cc(Cl)ccc1Cl. The highest BCUT2D eigenvalue weighted by Crippen LogP contribution is 2.26. The van der Waals surface area contributed by atoms with Crippen LogP contribution < -0.4 is 0 Å². The number of hydrogen-bond donors (Lipinski definition) is 2. The smallest absolute Gasteiger partial charge is 0.135 e. The van der Waals surface area contributed by atoms with Crippen molar-refractivity contribution in [1.82, 2.24) is 0 Å². The summed E-state index contributed by atoms with van der Waals surface area (Å²) in [6.07, 6.45) is 0. The van der Waals surface area contributed by atoms with Crippen LogP contribution in [0.4, 0.5) is 0 Å². The van der Waals surface area contributed by atoms with E-state index in [1.165, 1.54) is 12.1 Å². The zero-order chi connectivity index (χ0) is 13.7. The van der Waals surface area contributed by atoms with E-state index in [1.54, 1.807) is 24.3 Å². The molecule has 96 valence electrons. The highest BCUT2D eigenvalue weighted by molar-refractivity contribution is 6.34. The van der Waals surface area contributed by atoms with Gasteiger partial charge in [-0.3, -0.25) is 0 Å². The minimum atomic E-state index is 0.0177. The summed E-state index contributed by atoms with van der Waals surface area (Å²) in [7, 11) is 0. The summed E-state index contributed by atoms with van der Waals surface area (Å²) in [5.41, 5.74) is 0. The Bertz CT molecular complexity index is 494. The molecule has 0 heterocycles. The van der Waals surface area contributed by atoms with Crippen LogP contribution in [0.3, 0.4) is 0 Å². The average Bonchev–Trinajstić information content (AvgIpc) is 2.30. The Morgan fingerprint density at radius 1 is 0.611 bits per heavy atom. The maximum Gasteiger partial charge on any atom is 0.135 e. The second kappa shape index (κ2) is 6.95. The first-order valence-electron chi connectivity index (χ1n) is 4.68. The Kier molecular flexibility index (Phi) is 5.89. The molecule has 2 N–H and O–H groups in total. The molecular formula is C12H8Cl4O2. The predicted molar refractivity (Wildman–Crippen MR) is 76.3 cm³/mol. The van der Waals surface area contributed by atoms with Gasteiger partial charge >= 0.3 is 0 Å². The van der Waals surface area contributed by atoms with Crippen LogP contribution >= 0.6 is 46.4 Å². The Balaban J connectivity index is 0.000000180. The quantitative estimate of drug-likeness (QED) is 0.681. The van der Waals surface area contributed by atoms with E-state index < -0.39 is 0 Å². The van der Waals surface area contributed by atoms with E-state index in [4.69, 9.17) is 56.6 Å². The van der Waals surface area contributed by atoms with Crippen molar-refractivity contribution in [3.63, 3.8) is 0 Å². The zero-order valence-corrected chi connectivity index (χ0v) is 11.9. The summed E-state index contributed by atoms with van der Waals surface area (Å²) in [6.45, 7) is 0. The Morgan fingerprint density at radius 2 is 0.944 bits per heavy atom. The normalized spacial score (nSPS) is 9.56. The third kappa shape index (κ3) is 4.83. The van der Waals surface area contributed by atoms with Crippen LogP contribution in [0.2, 0.25) is 20.1 Å². The van der Waals surface area contributed by atoms with E-state index in [0.29, 0.717) is 20.1 Å². The van der Waals surface area contributed by atoms with Gasteiger partial charge in [-0.05, 0) is 24.3 Å². The van der Waals surface area contributed by atoms with Crippen LogP contribution in [0.1, 0.15) is 0 Å². The first-order chi connectivity index (χ1) is 8.40. The molecule has 0 aliphatic heterocycles. The number of hydrogen-bond acceptors (Lipinski definition) is 2. The van der Waals surface area contributed by atoms with Crippen molar-refractivity contribution in [2.75, 3.05) is 0 Å². The molecule has 0 aliphatic rings. The highest BCUT2D eigenvalue weighted by atomic mass is 35.5. The van der Waals surface area contributed by atoms with Crippen molar-refractivity contribution >= 4 is 46.4 Å². The van der Waals surface area contributed by atoms with Crippen LogP contribution in [0.15, 0.2) is 36.4 Å². The Morgan fingerprint density at radius 3 is 1.17 bits per heavy atom. The van der Waals surface area contributed by atoms with Crippen LogP contribution in [-0.4, -0.2) is 10.2 Å². The lowest BCUT2D eigenvalue weighted by atomic mass is 10.3. The molecule has 2 nitrogen and oxygen atoms in total. The third-order valence-electron chi connectivity index (χ3n) is 1.82. The highest BCUT2D eigenvalue weighted by Gasteiger charge is 1.96. The predicted octanol–water partition coefficient (Wildman–Crippen LogP) is 5.40. The van der Waals surface area contributed by atoms with Crippen molar-refractivity contribution in [1.29, 1.82) is 0 Å². The van der Waals surface area contributed by atoms with Gasteiger partial charge in [-0.1, -0.05) is 46.4 Å². The molecule has 0 atom stereocenters. The number of aromatic hydroxyl groups is 2. The second-order valence-electron chi connectivity index (χ2n) is 3.19. The van der Waals surface area contributed by atoms with Gasteiger partial charge in [0.25, 0.3) is 0 Å². The average molecular weight is 326 g/mol. The summed E-state index contributed by atoms with van der Waals surface area (Å²) in [6, 6.07) is 9.10. The number of phenols is 2. The van der Waals surface area contributed by atoms with Gasteiger partial charge in [-0.2, -0.15) is 0 Å². The molecule has 0 aromatic heterocycles. The fourth-order valence-corrected chi connectivity index (χ4v) is 1.54. The summed E-state index contributed by atoms with van der Waals surface area (Å²) in [4.78, 5) is 0. The largest absolute Gasteiger partial charge is 0.506 e. The molecule has 6 heteroatoms. The van der Waals surface area contributed by atoms with Crippen molar-refractivity contribution in [3.8, 4) is 11.5 Å². The summed E-state index contributed by atoms with van der Waals surface area (Å²) in [5, 5.41) is 19.4. The van der Waals surface area contributed by atoms with E-state index in [-0.39, 0.29) is 11.5 Å². The summed E-state index contributed by atoms with van der Waals surface area (Å²) in [5.74, 6) is 0.0355. The summed E-state index contributed by atoms with van der Waals surface area (Å²) < 4.78 is 0. The van der Waals surface area contributed by atoms with Crippen molar-refractivity contribution in [3.05, 3.63) is 56.5 Å². The molecule has 0 amide bonds. The van der Waals surface area contributed by atoms with Gasteiger partial charge in [-0.15, -0.1) is 0 Å². The fraction of sp³-hybridized carbons (Fsp3) is 0. The van der Waals surface area contributed by atoms with Gasteiger partial charge in [0, 0.05) is 22.2 Å². The van der Waals surface area contributed by atoms with Gasteiger partial charge in [-0.25, -0.2) is 0 Å². The van der Waals surface area contributed by atoms with E-state index in [0.717, 1.165) is 0 Å². The number of phenolic OH excluding ortho intramolecular Hbond substituents is 2. The maximum absolute atomic E-state index is 8.88. The van der Waals surface area contributed by atoms with Gasteiger partial charge in [0.2, 0.25) is 0 Å². The number of rotatable bonds is 0. The number of benzene rings is 2. The van der Waals surface area contributed by atoms with Gasteiger partial charge in [0.1, 0.15) is 11.5 Å². The Labute approximate surface area is 124 Å².